The minimum absolute atomic E-state index is 0.0364. The number of aromatic hydroxyl groups is 1. The number of hydrogen-bond acceptors (Lipinski definition) is 5. The van der Waals surface area contributed by atoms with Crippen LogP contribution in [0.4, 0.5) is 0 Å². The van der Waals surface area contributed by atoms with Gasteiger partial charge >= 0.3 is 5.69 Å². The smallest absolute Gasteiger partial charge is 0.331 e. The van der Waals surface area contributed by atoms with Crippen LogP contribution in [0.5, 0.6) is 11.5 Å². The van der Waals surface area contributed by atoms with Gasteiger partial charge in [-0.15, -0.1) is 0 Å². The summed E-state index contributed by atoms with van der Waals surface area (Å²) in [5.74, 6) is 0.284. The van der Waals surface area contributed by atoms with Gasteiger partial charge in [-0.25, -0.2) is 4.79 Å². The van der Waals surface area contributed by atoms with Crippen molar-refractivity contribution >= 4 is 10.9 Å². The molecule has 0 unspecified atom stereocenters. The molecule has 0 radical (unpaired) electrons. The summed E-state index contributed by atoms with van der Waals surface area (Å²) in [6, 6.07) is 14.9. The molecule has 0 aliphatic carbocycles. The predicted octanol–water partition coefficient (Wildman–Crippen LogP) is 3.27. The van der Waals surface area contributed by atoms with Crippen molar-refractivity contribution in [3.05, 3.63) is 80.6 Å². The molecule has 1 atom stereocenters. The minimum atomic E-state index is -0.721. The van der Waals surface area contributed by atoms with Crippen molar-refractivity contribution < 1.29 is 14.6 Å². The Balaban J connectivity index is 2.01. The van der Waals surface area contributed by atoms with Gasteiger partial charge in [-0.05, 0) is 25.5 Å². The summed E-state index contributed by atoms with van der Waals surface area (Å²) in [7, 11) is 4.63. The third kappa shape index (κ3) is 2.95. The van der Waals surface area contributed by atoms with Gasteiger partial charge in [0, 0.05) is 19.7 Å². The minimum Gasteiger partial charge on any atom is -0.504 e. The topological polar surface area (TPSA) is 87.6 Å². The standard InChI is InChI=1S/C26H27N3O5/c1-26(2)14-34-23(16-12-9-13-17(33-5)22(16)30)21-20-18(24(31)28(4)25(32)27(20)3)19(29(21)26)15-10-7-6-8-11-15/h6-13,23,30H,14H2,1-5H3/t23-/m0/s1. The number of nitrogens with zero attached hydrogens (tertiary/aromatic N) is 3. The summed E-state index contributed by atoms with van der Waals surface area (Å²) < 4.78 is 16.4. The van der Waals surface area contributed by atoms with Crippen molar-refractivity contribution in [2.45, 2.75) is 25.5 Å². The van der Waals surface area contributed by atoms with E-state index in [0.29, 0.717) is 34.5 Å². The quantitative estimate of drug-likeness (QED) is 0.506. The molecule has 0 fully saturated rings. The molecule has 5 rings (SSSR count). The number of phenolic OH excluding ortho intramolecular Hbond substituents is 1. The number of rotatable bonds is 3. The lowest BCUT2D eigenvalue weighted by atomic mass is 9.97. The van der Waals surface area contributed by atoms with Crippen LogP contribution in [0.1, 0.15) is 31.2 Å². The van der Waals surface area contributed by atoms with Crippen LogP contribution >= 0.6 is 0 Å². The Bertz CT molecular complexity index is 1540. The highest BCUT2D eigenvalue weighted by atomic mass is 16.5. The average molecular weight is 462 g/mol. The van der Waals surface area contributed by atoms with E-state index < -0.39 is 17.3 Å². The molecule has 1 aliphatic heterocycles. The van der Waals surface area contributed by atoms with Crippen molar-refractivity contribution in [1.82, 2.24) is 13.7 Å². The Kier molecular flexibility index (Phi) is 4.95. The molecule has 0 amide bonds. The van der Waals surface area contributed by atoms with Crippen LogP contribution in [0.3, 0.4) is 0 Å². The largest absolute Gasteiger partial charge is 0.504 e. The van der Waals surface area contributed by atoms with E-state index in [2.05, 4.69) is 4.57 Å². The maximum atomic E-state index is 13.6. The Labute approximate surface area is 196 Å². The molecular weight excluding hydrogens is 434 g/mol. The maximum Gasteiger partial charge on any atom is 0.331 e. The van der Waals surface area contributed by atoms with Crippen molar-refractivity contribution in [3.63, 3.8) is 0 Å². The fourth-order valence-electron chi connectivity index (χ4n) is 5.02. The first-order valence-electron chi connectivity index (χ1n) is 11.1. The lowest BCUT2D eigenvalue weighted by molar-refractivity contribution is -0.00810. The zero-order valence-corrected chi connectivity index (χ0v) is 19.8. The molecule has 34 heavy (non-hydrogen) atoms. The van der Waals surface area contributed by atoms with Crippen molar-refractivity contribution in [2.24, 2.45) is 14.1 Å². The molecule has 8 heteroatoms. The molecule has 1 aliphatic rings. The molecule has 176 valence electrons. The number of aryl methyl sites for hydroxylation is 1. The van der Waals surface area contributed by atoms with Crippen LogP contribution in [-0.2, 0) is 24.4 Å². The summed E-state index contributed by atoms with van der Waals surface area (Å²) >= 11 is 0. The van der Waals surface area contributed by atoms with Crippen LogP contribution in [0.2, 0.25) is 0 Å². The molecule has 2 aromatic heterocycles. The molecule has 1 N–H and O–H groups in total. The van der Waals surface area contributed by atoms with Crippen molar-refractivity contribution in [2.75, 3.05) is 13.7 Å². The number of ether oxygens (including phenoxy) is 2. The van der Waals surface area contributed by atoms with E-state index >= 15 is 0 Å². The molecule has 3 heterocycles. The van der Waals surface area contributed by atoms with E-state index in [1.807, 2.05) is 44.2 Å². The maximum absolute atomic E-state index is 13.6. The summed E-state index contributed by atoms with van der Waals surface area (Å²) in [5.41, 5.74) is 1.89. The number of fused-ring (bicyclic) bond motifs is 3. The van der Waals surface area contributed by atoms with Gasteiger partial charge in [-0.1, -0.05) is 42.5 Å². The lowest BCUT2D eigenvalue weighted by Crippen LogP contribution is -2.40. The van der Waals surface area contributed by atoms with Gasteiger partial charge in [-0.3, -0.25) is 13.9 Å². The van der Waals surface area contributed by atoms with Gasteiger partial charge in [0.1, 0.15) is 6.10 Å². The van der Waals surface area contributed by atoms with Gasteiger partial charge in [-0.2, -0.15) is 0 Å². The Hall–Kier alpha value is -3.78. The summed E-state index contributed by atoms with van der Waals surface area (Å²) in [6.07, 6.45) is -0.721. The van der Waals surface area contributed by atoms with Gasteiger partial charge in [0.2, 0.25) is 0 Å². The summed E-state index contributed by atoms with van der Waals surface area (Å²) in [4.78, 5) is 26.6. The third-order valence-electron chi connectivity index (χ3n) is 6.65. The summed E-state index contributed by atoms with van der Waals surface area (Å²) in [5, 5.41) is 11.4. The first-order valence-corrected chi connectivity index (χ1v) is 11.1. The highest BCUT2D eigenvalue weighted by Gasteiger charge is 2.41. The van der Waals surface area contributed by atoms with Crippen molar-refractivity contribution in [3.8, 4) is 22.8 Å². The monoisotopic (exact) mass is 461 g/mol. The van der Waals surface area contributed by atoms with Crippen LogP contribution in [0, 0.1) is 0 Å². The number of phenols is 1. The highest BCUT2D eigenvalue weighted by Crippen LogP contribution is 2.48. The number of aromatic nitrogens is 3. The normalized spacial score (nSPS) is 17.0. The SMILES string of the molecule is COc1cccc([C@@H]2OCC(C)(C)n3c(-c4ccccc4)c4c(=O)n(C)c(=O)n(C)c4c32)c1O. The number of benzene rings is 2. The van der Waals surface area contributed by atoms with E-state index in [0.717, 1.165) is 15.8 Å². The fourth-order valence-corrected chi connectivity index (χ4v) is 5.02. The second-order valence-electron chi connectivity index (χ2n) is 9.27. The molecule has 0 saturated heterocycles. The van der Waals surface area contributed by atoms with Crippen LogP contribution < -0.4 is 16.0 Å². The Morgan fingerprint density at radius 3 is 2.41 bits per heavy atom. The van der Waals surface area contributed by atoms with E-state index in [1.165, 1.54) is 18.7 Å². The molecule has 4 aromatic rings. The van der Waals surface area contributed by atoms with Gasteiger partial charge in [0.05, 0.1) is 41.5 Å². The zero-order chi connectivity index (χ0) is 24.4. The number of para-hydroxylation sites is 1. The van der Waals surface area contributed by atoms with E-state index in [-0.39, 0.29) is 11.3 Å². The Morgan fingerprint density at radius 1 is 1.03 bits per heavy atom. The third-order valence-corrected chi connectivity index (χ3v) is 6.65. The van der Waals surface area contributed by atoms with E-state index in [9.17, 15) is 14.7 Å². The van der Waals surface area contributed by atoms with Crippen LogP contribution in [-0.4, -0.2) is 32.5 Å². The zero-order valence-electron chi connectivity index (χ0n) is 19.8. The molecule has 2 aromatic carbocycles. The first kappa shape index (κ1) is 22.0. The molecular formula is C26H27N3O5. The van der Waals surface area contributed by atoms with Gasteiger partial charge in [0.25, 0.3) is 5.56 Å². The molecule has 0 bridgehead atoms. The number of hydrogen-bond donors (Lipinski definition) is 1. The molecule has 0 spiro atoms. The number of methoxy groups -OCH3 is 1. The van der Waals surface area contributed by atoms with Crippen LogP contribution in [0.25, 0.3) is 22.2 Å². The lowest BCUT2D eigenvalue weighted by Gasteiger charge is -2.39. The average Bonchev–Trinajstić information content (AvgIpc) is 3.20. The highest BCUT2D eigenvalue weighted by molar-refractivity contribution is 5.96. The van der Waals surface area contributed by atoms with E-state index in [1.54, 1.807) is 25.2 Å². The van der Waals surface area contributed by atoms with Gasteiger partial charge in [0.15, 0.2) is 11.5 Å². The summed E-state index contributed by atoms with van der Waals surface area (Å²) in [6.45, 7) is 4.40. The second kappa shape index (κ2) is 7.63. The van der Waals surface area contributed by atoms with Crippen molar-refractivity contribution in [1.29, 1.82) is 0 Å². The van der Waals surface area contributed by atoms with Crippen LogP contribution in [0.15, 0.2) is 58.1 Å². The predicted molar refractivity (Wildman–Crippen MR) is 130 cm³/mol. The Morgan fingerprint density at radius 2 is 1.74 bits per heavy atom. The molecule has 8 nitrogen and oxygen atoms in total. The second-order valence-corrected chi connectivity index (χ2v) is 9.27. The first-order chi connectivity index (χ1) is 16.2. The molecule has 0 saturated carbocycles. The fraction of sp³-hybridized carbons (Fsp3) is 0.308. The van der Waals surface area contributed by atoms with Gasteiger partial charge < -0.3 is 19.1 Å². The van der Waals surface area contributed by atoms with E-state index in [4.69, 9.17) is 9.47 Å².